The Bertz CT molecular complexity index is 1320. The minimum Gasteiger partial charge on any atom is -0.346 e. The van der Waals surface area contributed by atoms with Crippen LogP contribution in [0.3, 0.4) is 0 Å². The molecule has 0 amide bonds. The first-order valence-electron chi connectivity index (χ1n) is 9.19. The van der Waals surface area contributed by atoms with Crippen LogP contribution in [0.5, 0.6) is 0 Å². The summed E-state index contributed by atoms with van der Waals surface area (Å²) in [5.74, 6) is 1.37. The van der Waals surface area contributed by atoms with Crippen LogP contribution in [0.2, 0.25) is 0 Å². The number of nitrogens with two attached hydrogens (primary N) is 1. The van der Waals surface area contributed by atoms with Gasteiger partial charge in [0.1, 0.15) is 11.3 Å². The van der Waals surface area contributed by atoms with Crippen LogP contribution < -0.4 is 10.5 Å². The van der Waals surface area contributed by atoms with Crippen LogP contribution in [-0.2, 0) is 23.5 Å². The van der Waals surface area contributed by atoms with E-state index in [-0.39, 0.29) is 4.90 Å². The number of anilines is 2. The van der Waals surface area contributed by atoms with E-state index in [9.17, 15) is 8.42 Å². The summed E-state index contributed by atoms with van der Waals surface area (Å²) >= 11 is 1.66. The van der Waals surface area contributed by atoms with E-state index >= 15 is 0 Å². The van der Waals surface area contributed by atoms with Crippen molar-refractivity contribution in [2.24, 2.45) is 12.2 Å². The first kappa shape index (κ1) is 20.4. The number of aromatic nitrogens is 3. The van der Waals surface area contributed by atoms with Crippen molar-refractivity contribution < 1.29 is 8.42 Å². The molecule has 0 aliphatic carbocycles. The molecule has 2 heterocycles. The minimum atomic E-state index is -3.71. The summed E-state index contributed by atoms with van der Waals surface area (Å²) in [5.41, 5.74) is 3.63. The summed E-state index contributed by atoms with van der Waals surface area (Å²) < 4.78 is 24.9. The molecular weight excluding hydrogens is 418 g/mol. The number of benzene rings is 2. The second-order valence-corrected chi connectivity index (χ2v) is 9.25. The van der Waals surface area contributed by atoms with Crippen molar-refractivity contribution >= 4 is 44.3 Å². The fourth-order valence-electron chi connectivity index (χ4n) is 3.26. The molecule has 4 aromatic rings. The van der Waals surface area contributed by atoms with Crippen molar-refractivity contribution in [2.75, 3.05) is 11.6 Å². The van der Waals surface area contributed by atoms with Gasteiger partial charge in [-0.1, -0.05) is 24.3 Å². The lowest BCUT2D eigenvalue weighted by molar-refractivity contribution is 0.598. The zero-order chi connectivity index (χ0) is 21.3. The van der Waals surface area contributed by atoms with Gasteiger partial charge >= 0.3 is 0 Å². The predicted molar refractivity (Wildman–Crippen MR) is 121 cm³/mol. The molecule has 7 nitrogen and oxygen atoms in total. The first-order valence-corrected chi connectivity index (χ1v) is 12.0. The summed E-state index contributed by atoms with van der Waals surface area (Å²) in [5, 5.41) is 8.64. The number of nitrogens with zero attached hydrogens (tertiary/aromatic N) is 3. The van der Waals surface area contributed by atoms with E-state index in [0.29, 0.717) is 12.2 Å². The third-order valence-corrected chi connectivity index (χ3v) is 6.47. The van der Waals surface area contributed by atoms with E-state index in [0.717, 1.165) is 33.0 Å². The first-order chi connectivity index (χ1) is 14.3. The number of para-hydroxylation sites is 1. The Morgan fingerprint density at radius 1 is 1.07 bits per heavy atom. The molecule has 4 rings (SSSR count). The van der Waals surface area contributed by atoms with Crippen LogP contribution in [0, 0.1) is 0 Å². The number of primary sulfonamides is 1. The van der Waals surface area contributed by atoms with Gasteiger partial charge in [0.15, 0.2) is 5.82 Å². The molecule has 3 N–H and O–H groups in total. The third kappa shape index (κ3) is 4.18. The highest BCUT2D eigenvalue weighted by Crippen LogP contribution is 2.30. The monoisotopic (exact) mass is 439 g/mol. The van der Waals surface area contributed by atoms with E-state index in [1.807, 2.05) is 48.3 Å². The van der Waals surface area contributed by atoms with Crippen molar-refractivity contribution in [3.63, 3.8) is 0 Å². The molecule has 0 bridgehead atoms. The van der Waals surface area contributed by atoms with Gasteiger partial charge in [-0.2, -0.15) is 0 Å². The molecule has 0 atom stereocenters. The quantitative estimate of drug-likeness (QED) is 0.444. The average Bonchev–Trinajstić information content (AvgIpc) is 3.09. The Morgan fingerprint density at radius 2 is 1.80 bits per heavy atom. The van der Waals surface area contributed by atoms with Gasteiger partial charge in [-0.15, -0.1) is 11.8 Å². The molecule has 2 aromatic heterocycles. The Labute approximate surface area is 179 Å². The smallest absolute Gasteiger partial charge is 0.238 e. The highest BCUT2D eigenvalue weighted by atomic mass is 32.2. The second-order valence-electron chi connectivity index (χ2n) is 6.84. The Balaban J connectivity index is 1.72. The summed E-state index contributed by atoms with van der Waals surface area (Å²) in [4.78, 5) is 10.7. The van der Waals surface area contributed by atoms with Gasteiger partial charge in [-0.3, -0.25) is 0 Å². The van der Waals surface area contributed by atoms with Gasteiger partial charge in [0.2, 0.25) is 10.0 Å². The second kappa shape index (κ2) is 8.10. The molecule has 0 unspecified atom stereocenters. The molecule has 0 radical (unpaired) electrons. The highest BCUT2D eigenvalue weighted by molar-refractivity contribution is 7.98. The zero-order valence-electron chi connectivity index (χ0n) is 16.5. The molecule has 0 saturated carbocycles. The number of sulfonamides is 1. The van der Waals surface area contributed by atoms with E-state index in [4.69, 9.17) is 10.1 Å². The molecule has 2 aromatic carbocycles. The standard InChI is InChI=1S/C21H21N5O2S2/c1-26-12-11-17-20(26)21(24-16-5-3-4-6-18(16)29-2)25-19(23-17)13-14-7-9-15(10-8-14)30(22,27)28/h3-12H,13H2,1-2H3,(H2,22,27,28)(H,23,24,25). The van der Waals surface area contributed by atoms with Crippen LogP contribution in [-0.4, -0.2) is 29.2 Å². The van der Waals surface area contributed by atoms with Gasteiger partial charge in [0.05, 0.1) is 16.1 Å². The van der Waals surface area contributed by atoms with Crippen LogP contribution in [0.25, 0.3) is 11.0 Å². The number of nitrogens with one attached hydrogen (secondary N) is 1. The summed E-state index contributed by atoms with van der Waals surface area (Å²) in [6.45, 7) is 0. The van der Waals surface area contributed by atoms with Crippen molar-refractivity contribution in [3.8, 4) is 0 Å². The number of hydrogen-bond donors (Lipinski definition) is 2. The summed E-state index contributed by atoms with van der Waals surface area (Å²) in [6.07, 6.45) is 4.46. The van der Waals surface area contributed by atoms with E-state index in [1.54, 1.807) is 23.9 Å². The van der Waals surface area contributed by atoms with Gasteiger partial charge in [-0.25, -0.2) is 23.5 Å². The number of hydrogen-bond acceptors (Lipinski definition) is 6. The number of fused-ring (bicyclic) bond motifs is 1. The Morgan fingerprint density at radius 3 is 2.50 bits per heavy atom. The van der Waals surface area contributed by atoms with Crippen molar-refractivity contribution in [1.29, 1.82) is 0 Å². The van der Waals surface area contributed by atoms with Crippen LogP contribution in [0.4, 0.5) is 11.5 Å². The number of aryl methyl sites for hydroxylation is 1. The van der Waals surface area contributed by atoms with Crippen molar-refractivity contribution in [1.82, 2.24) is 14.5 Å². The summed E-state index contributed by atoms with van der Waals surface area (Å²) in [7, 11) is -1.75. The van der Waals surface area contributed by atoms with E-state index in [1.165, 1.54) is 12.1 Å². The maximum absolute atomic E-state index is 11.5. The van der Waals surface area contributed by atoms with Gasteiger partial charge in [0, 0.05) is 24.6 Å². The fourth-order valence-corrected chi connectivity index (χ4v) is 4.33. The van der Waals surface area contributed by atoms with Gasteiger partial charge < -0.3 is 9.88 Å². The lowest BCUT2D eigenvalue weighted by atomic mass is 10.1. The Hall–Kier alpha value is -2.88. The maximum Gasteiger partial charge on any atom is 0.238 e. The van der Waals surface area contributed by atoms with E-state index < -0.39 is 10.0 Å². The normalized spacial score (nSPS) is 11.7. The number of thioether (sulfide) groups is 1. The Kier molecular flexibility index (Phi) is 5.50. The average molecular weight is 440 g/mol. The molecule has 0 spiro atoms. The van der Waals surface area contributed by atoms with Crippen molar-refractivity contribution in [3.05, 3.63) is 72.2 Å². The molecule has 0 aliphatic rings. The highest BCUT2D eigenvalue weighted by Gasteiger charge is 2.14. The lowest BCUT2D eigenvalue weighted by Crippen LogP contribution is -2.12. The van der Waals surface area contributed by atoms with Gasteiger partial charge in [0.25, 0.3) is 0 Å². The zero-order valence-corrected chi connectivity index (χ0v) is 18.2. The lowest BCUT2D eigenvalue weighted by Gasteiger charge is -2.13. The SMILES string of the molecule is CSc1ccccc1Nc1nc(Cc2ccc(S(N)(=O)=O)cc2)nc2ccn(C)c12. The largest absolute Gasteiger partial charge is 0.346 e. The topological polar surface area (TPSA) is 103 Å². The molecule has 30 heavy (non-hydrogen) atoms. The fraction of sp³-hybridized carbons (Fsp3) is 0.143. The van der Waals surface area contributed by atoms with Gasteiger partial charge in [-0.05, 0) is 42.2 Å². The maximum atomic E-state index is 11.5. The predicted octanol–water partition coefficient (Wildman–Crippen LogP) is 3.67. The molecule has 0 saturated heterocycles. The third-order valence-electron chi connectivity index (χ3n) is 4.74. The minimum absolute atomic E-state index is 0.0849. The van der Waals surface area contributed by atoms with Crippen LogP contribution in [0.15, 0.2) is 70.6 Å². The number of rotatable bonds is 6. The molecule has 9 heteroatoms. The molecule has 154 valence electrons. The van der Waals surface area contributed by atoms with E-state index in [2.05, 4.69) is 16.4 Å². The van der Waals surface area contributed by atoms with Crippen LogP contribution in [0.1, 0.15) is 11.4 Å². The summed E-state index contributed by atoms with van der Waals surface area (Å²) in [6, 6.07) is 16.5. The van der Waals surface area contributed by atoms with Crippen LogP contribution >= 0.6 is 11.8 Å². The molecular formula is C21H21N5O2S2. The van der Waals surface area contributed by atoms with Crippen molar-refractivity contribution in [2.45, 2.75) is 16.2 Å². The molecule has 0 fully saturated rings. The molecule has 0 aliphatic heterocycles.